The normalized spacial score (nSPS) is 12.3. The van der Waals surface area contributed by atoms with Crippen LogP contribution in [0.3, 0.4) is 0 Å². The van der Waals surface area contributed by atoms with Gasteiger partial charge in [0, 0.05) is 7.05 Å². The number of carbonyl (C=O) groups excluding carboxylic acids is 1. The van der Waals surface area contributed by atoms with E-state index in [0.29, 0.717) is 10.9 Å². The summed E-state index contributed by atoms with van der Waals surface area (Å²) in [4.78, 5) is 24.6. The van der Waals surface area contributed by atoms with E-state index in [2.05, 4.69) is 15.5 Å². The predicted molar refractivity (Wildman–Crippen MR) is 90.5 cm³/mol. The van der Waals surface area contributed by atoms with Crippen LogP contribution in [0.25, 0.3) is 10.9 Å². The molecule has 2 heterocycles. The molecule has 0 aliphatic carbocycles. The van der Waals surface area contributed by atoms with Crippen molar-refractivity contribution in [1.29, 1.82) is 0 Å². The molecule has 3 rings (SSSR count). The molecule has 1 unspecified atom stereocenters. The maximum Gasteiger partial charge on any atom is 0.278 e. The van der Waals surface area contributed by atoms with E-state index in [4.69, 9.17) is 0 Å². The summed E-state index contributed by atoms with van der Waals surface area (Å²) in [7, 11) is 1.74. The number of nitrogens with one attached hydrogen (secondary N) is 1. The maximum absolute atomic E-state index is 12.3. The van der Waals surface area contributed by atoms with Crippen molar-refractivity contribution in [3.05, 3.63) is 58.1 Å². The molecule has 0 fully saturated rings. The standard InChI is InChI=1S/C17H19N5O2/c1-11-4-6-13(7-5-11)12(2)20-16(23)10-22-17(24)14-8-18-21(3)15(14)9-19-22/h4-9,12H,10H2,1-3H3,(H,20,23). The van der Waals surface area contributed by atoms with E-state index in [1.54, 1.807) is 17.9 Å². The number of aryl methyl sites for hydroxylation is 2. The van der Waals surface area contributed by atoms with Crippen molar-refractivity contribution < 1.29 is 4.79 Å². The number of benzene rings is 1. The predicted octanol–water partition coefficient (Wildman–Crippen LogP) is 1.32. The van der Waals surface area contributed by atoms with Crippen LogP contribution in [-0.4, -0.2) is 25.5 Å². The van der Waals surface area contributed by atoms with Crippen molar-refractivity contribution in [1.82, 2.24) is 24.9 Å². The zero-order valence-corrected chi connectivity index (χ0v) is 13.9. The van der Waals surface area contributed by atoms with Crippen LogP contribution >= 0.6 is 0 Å². The summed E-state index contributed by atoms with van der Waals surface area (Å²) in [6.45, 7) is 3.79. The average molecular weight is 325 g/mol. The first kappa shape index (κ1) is 15.9. The lowest BCUT2D eigenvalue weighted by Gasteiger charge is -2.15. The van der Waals surface area contributed by atoms with E-state index < -0.39 is 0 Å². The van der Waals surface area contributed by atoms with E-state index >= 15 is 0 Å². The molecule has 0 saturated heterocycles. The van der Waals surface area contributed by atoms with Crippen LogP contribution in [0.2, 0.25) is 0 Å². The minimum Gasteiger partial charge on any atom is -0.348 e. The number of aromatic nitrogens is 4. The third-order valence-electron chi connectivity index (χ3n) is 4.02. The Bertz CT molecular complexity index is 940. The number of hydrogen-bond acceptors (Lipinski definition) is 4. The van der Waals surface area contributed by atoms with Crippen molar-refractivity contribution in [3.8, 4) is 0 Å². The van der Waals surface area contributed by atoms with Gasteiger partial charge in [0.05, 0.1) is 29.3 Å². The van der Waals surface area contributed by atoms with Crippen LogP contribution < -0.4 is 10.9 Å². The van der Waals surface area contributed by atoms with Gasteiger partial charge in [-0.25, -0.2) is 4.68 Å². The molecule has 1 aromatic carbocycles. The summed E-state index contributed by atoms with van der Waals surface area (Å²) in [5, 5.41) is 11.4. The average Bonchev–Trinajstić information content (AvgIpc) is 2.92. The molecule has 1 amide bonds. The second-order valence-electron chi connectivity index (χ2n) is 5.87. The summed E-state index contributed by atoms with van der Waals surface area (Å²) in [6, 6.07) is 7.82. The molecule has 0 aliphatic heterocycles. The zero-order valence-electron chi connectivity index (χ0n) is 13.9. The highest BCUT2D eigenvalue weighted by molar-refractivity contribution is 5.78. The lowest BCUT2D eigenvalue weighted by Crippen LogP contribution is -2.34. The van der Waals surface area contributed by atoms with Crippen molar-refractivity contribution in [2.45, 2.75) is 26.4 Å². The van der Waals surface area contributed by atoms with Gasteiger partial charge in [-0.3, -0.25) is 14.3 Å². The fourth-order valence-corrected chi connectivity index (χ4v) is 2.55. The van der Waals surface area contributed by atoms with Gasteiger partial charge in [-0.1, -0.05) is 29.8 Å². The first-order chi connectivity index (χ1) is 11.5. The fourth-order valence-electron chi connectivity index (χ4n) is 2.55. The first-order valence-corrected chi connectivity index (χ1v) is 7.69. The minimum atomic E-state index is -0.321. The molecule has 0 bridgehead atoms. The third kappa shape index (κ3) is 3.05. The van der Waals surface area contributed by atoms with Crippen molar-refractivity contribution >= 4 is 16.8 Å². The van der Waals surface area contributed by atoms with Crippen LogP contribution in [0, 0.1) is 6.92 Å². The van der Waals surface area contributed by atoms with Gasteiger partial charge in [-0.15, -0.1) is 0 Å². The van der Waals surface area contributed by atoms with E-state index in [0.717, 1.165) is 15.8 Å². The smallest absolute Gasteiger partial charge is 0.278 e. The quantitative estimate of drug-likeness (QED) is 0.784. The lowest BCUT2D eigenvalue weighted by molar-refractivity contribution is -0.122. The van der Waals surface area contributed by atoms with Crippen molar-refractivity contribution in [2.75, 3.05) is 0 Å². The summed E-state index contributed by atoms with van der Waals surface area (Å²) >= 11 is 0. The van der Waals surface area contributed by atoms with E-state index in [9.17, 15) is 9.59 Å². The zero-order chi connectivity index (χ0) is 17.3. The fraction of sp³-hybridized carbons (Fsp3) is 0.294. The Morgan fingerprint density at radius 3 is 2.62 bits per heavy atom. The van der Waals surface area contributed by atoms with E-state index in [-0.39, 0.29) is 24.1 Å². The third-order valence-corrected chi connectivity index (χ3v) is 4.02. The molecule has 3 aromatic rings. The summed E-state index contributed by atoms with van der Waals surface area (Å²) in [5.74, 6) is -0.263. The molecule has 2 aromatic heterocycles. The maximum atomic E-state index is 12.3. The van der Waals surface area contributed by atoms with Gasteiger partial charge in [-0.2, -0.15) is 10.2 Å². The highest BCUT2D eigenvalue weighted by Crippen LogP contribution is 2.13. The molecule has 0 saturated carbocycles. The number of carbonyl (C=O) groups is 1. The Morgan fingerprint density at radius 2 is 1.92 bits per heavy atom. The Balaban J connectivity index is 1.74. The Kier molecular flexibility index (Phi) is 4.16. The number of fused-ring (bicyclic) bond motifs is 1. The lowest BCUT2D eigenvalue weighted by atomic mass is 10.1. The molecule has 0 spiro atoms. The largest absolute Gasteiger partial charge is 0.348 e. The van der Waals surface area contributed by atoms with Crippen LogP contribution in [0.4, 0.5) is 0 Å². The number of hydrogen-bond donors (Lipinski definition) is 1. The van der Waals surface area contributed by atoms with Gasteiger partial charge < -0.3 is 5.32 Å². The molecule has 7 heteroatoms. The van der Waals surface area contributed by atoms with Gasteiger partial charge >= 0.3 is 0 Å². The van der Waals surface area contributed by atoms with Crippen LogP contribution in [-0.2, 0) is 18.4 Å². The summed E-state index contributed by atoms with van der Waals surface area (Å²) in [5.41, 5.74) is 2.50. The molecule has 0 aliphatic rings. The molecule has 124 valence electrons. The van der Waals surface area contributed by atoms with Crippen LogP contribution in [0.15, 0.2) is 41.5 Å². The molecule has 0 radical (unpaired) electrons. The Hall–Kier alpha value is -2.96. The van der Waals surface area contributed by atoms with Gasteiger partial charge in [0.25, 0.3) is 5.56 Å². The SMILES string of the molecule is Cc1ccc(C(C)NC(=O)Cn2ncc3c(cnn3C)c2=O)cc1. The van der Waals surface area contributed by atoms with Gasteiger partial charge in [-0.05, 0) is 19.4 Å². The van der Waals surface area contributed by atoms with Crippen LogP contribution in [0.5, 0.6) is 0 Å². The Labute approximate surface area is 138 Å². The molecular weight excluding hydrogens is 306 g/mol. The summed E-state index contributed by atoms with van der Waals surface area (Å²) in [6.07, 6.45) is 3.03. The highest BCUT2D eigenvalue weighted by atomic mass is 16.2. The second kappa shape index (κ2) is 6.27. The molecule has 1 N–H and O–H groups in total. The van der Waals surface area contributed by atoms with E-state index in [1.165, 1.54) is 6.20 Å². The van der Waals surface area contributed by atoms with Crippen molar-refractivity contribution in [2.24, 2.45) is 7.05 Å². The highest BCUT2D eigenvalue weighted by Gasteiger charge is 2.13. The Morgan fingerprint density at radius 1 is 1.21 bits per heavy atom. The molecular formula is C17H19N5O2. The molecule has 7 nitrogen and oxygen atoms in total. The topological polar surface area (TPSA) is 81.8 Å². The molecule has 24 heavy (non-hydrogen) atoms. The molecule has 1 atom stereocenters. The van der Waals surface area contributed by atoms with Crippen molar-refractivity contribution in [3.63, 3.8) is 0 Å². The first-order valence-electron chi connectivity index (χ1n) is 7.69. The van der Waals surface area contributed by atoms with Gasteiger partial charge in [0.1, 0.15) is 6.54 Å². The van der Waals surface area contributed by atoms with E-state index in [1.807, 2.05) is 38.1 Å². The second-order valence-corrected chi connectivity index (χ2v) is 5.87. The number of nitrogens with zero attached hydrogens (tertiary/aromatic N) is 4. The minimum absolute atomic E-state index is 0.125. The number of amides is 1. The monoisotopic (exact) mass is 325 g/mol. The van der Waals surface area contributed by atoms with Gasteiger partial charge in [0.15, 0.2) is 0 Å². The van der Waals surface area contributed by atoms with Gasteiger partial charge in [0.2, 0.25) is 5.91 Å². The summed E-state index contributed by atoms with van der Waals surface area (Å²) < 4.78 is 2.73. The number of rotatable bonds is 4. The van der Waals surface area contributed by atoms with Crippen LogP contribution in [0.1, 0.15) is 24.1 Å².